The average Bonchev–Trinajstić information content (AvgIpc) is 3.15. The molecule has 0 spiro atoms. The summed E-state index contributed by atoms with van der Waals surface area (Å²) < 4.78 is 38.4. The fourth-order valence-electron chi connectivity index (χ4n) is 4.09. The molecule has 2 heterocycles. The maximum Gasteiger partial charge on any atom is 0.350 e. The maximum atomic E-state index is 15.3. The van der Waals surface area contributed by atoms with Gasteiger partial charge in [-0.1, -0.05) is 25.4 Å². The van der Waals surface area contributed by atoms with Gasteiger partial charge in [0.1, 0.15) is 40.4 Å². The number of pyridine rings is 1. The van der Waals surface area contributed by atoms with Crippen LogP contribution >= 0.6 is 11.6 Å². The highest BCUT2D eigenvalue weighted by atomic mass is 35.5. The van der Waals surface area contributed by atoms with Gasteiger partial charge in [-0.25, -0.2) is 13.6 Å². The zero-order valence-corrected chi connectivity index (χ0v) is 20.2. The number of benzene rings is 2. The van der Waals surface area contributed by atoms with E-state index in [9.17, 15) is 19.1 Å². The van der Waals surface area contributed by atoms with Crippen molar-refractivity contribution < 1.29 is 18.6 Å². The minimum absolute atomic E-state index is 0.0268. The van der Waals surface area contributed by atoms with Crippen LogP contribution in [0.25, 0.3) is 22.1 Å². The zero-order chi connectivity index (χ0) is 25.6. The van der Waals surface area contributed by atoms with E-state index in [1.807, 2.05) is 13.8 Å². The minimum Gasteiger partial charge on any atom is -0.495 e. The number of rotatable bonds is 6. The van der Waals surface area contributed by atoms with Crippen molar-refractivity contribution in [2.45, 2.75) is 39.8 Å². The number of ether oxygens (including phenoxy) is 1. The molecule has 0 saturated heterocycles. The van der Waals surface area contributed by atoms with Gasteiger partial charge >= 0.3 is 5.69 Å². The van der Waals surface area contributed by atoms with Crippen molar-refractivity contribution >= 4 is 22.4 Å². The molecule has 0 saturated carbocycles. The van der Waals surface area contributed by atoms with Crippen molar-refractivity contribution in [2.24, 2.45) is 0 Å². The Kier molecular flexibility index (Phi) is 6.52. The first kappa shape index (κ1) is 24.6. The number of aromatic nitrogens is 4. The largest absolute Gasteiger partial charge is 0.495 e. The fraction of sp³-hybridized carbons (Fsp3) is 0.292. The molecule has 0 aliphatic rings. The molecule has 8 nitrogen and oxygen atoms in total. The molecule has 0 bridgehead atoms. The minimum atomic E-state index is -0.883. The van der Waals surface area contributed by atoms with Crippen LogP contribution in [0.5, 0.6) is 5.75 Å². The van der Waals surface area contributed by atoms with Crippen LogP contribution in [0, 0.1) is 11.6 Å². The van der Waals surface area contributed by atoms with Crippen LogP contribution in [0.4, 0.5) is 8.78 Å². The molecule has 35 heavy (non-hydrogen) atoms. The Morgan fingerprint density at radius 3 is 2.43 bits per heavy atom. The third-order valence-electron chi connectivity index (χ3n) is 5.85. The molecule has 4 aromatic rings. The molecule has 0 unspecified atom stereocenters. The molecule has 2 aromatic carbocycles. The van der Waals surface area contributed by atoms with Crippen LogP contribution < -0.4 is 16.0 Å². The van der Waals surface area contributed by atoms with E-state index >= 15 is 4.39 Å². The molecule has 4 rings (SSSR count). The molecule has 184 valence electrons. The summed E-state index contributed by atoms with van der Waals surface area (Å²) in [6.07, 6.45) is 1.45. The Morgan fingerprint density at radius 1 is 1.14 bits per heavy atom. The van der Waals surface area contributed by atoms with Gasteiger partial charge in [0, 0.05) is 12.7 Å². The second kappa shape index (κ2) is 9.27. The number of hydrogen-bond acceptors (Lipinski definition) is 5. The summed E-state index contributed by atoms with van der Waals surface area (Å²) in [5.41, 5.74) is -1.13. The highest BCUT2D eigenvalue weighted by molar-refractivity contribution is 6.34. The van der Waals surface area contributed by atoms with Gasteiger partial charge in [-0.2, -0.15) is 4.68 Å². The molecule has 1 N–H and O–H groups in total. The van der Waals surface area contributed by atoms with E-state index in [2.05, 4.69) is 5.10 Å². The Balaban J connectivity index is 2.08. The molecular weight excluding hydrogens is 482 g/mol. The number of aliphatic hydroxyl groups excluding tert-OH is 1. The quantitative estimate of drug-likeness (QED) is 0.430. The van der Waals surface area contributed by atoms with E-state index in [1.165, 1.54) is 30.0 Å². The van der Waals surface area contributed by atoms with Crippen molar-refractivity contribution in [2.75, 3.05) is 7.11 Å². The monoisotopic (exact) mass is 504 g/mol. The van der Waals surface area contributed by atoms with Crippen molar-refractivity contribution in [3.63, 3.8) is 0 Å². The number of hydrogen-bond donors (Lipinski definition) is 1. The SMILES string of the molecule is CCn1c(CO)nn(-c2cc3c(C(C)C)cn(-c4c(F)ccc(OC)c4Cl)c(=O)c3cc2F)c1=O. The summed E-state index contributed by atoms with van der Waals surface area (Å²) in [4.78, 5) is 26.2. The first-order valence-electron chi connectivity index (χ1n) is 10.9. The molecule has 0 amide bonds. The van der Waals surface area contributed by atoms with Crippen LogP contribution in [0.3, 0.4) is 0 Å². The Morgan fingerprint density at radius 2 is 1.86 bits per heavy atom. The summed E-state index contributed by atoms with van der Waals surface area (Å²) in [5, 5.41) is 13.8. The second-order valence-corrected chi connectivity index (χ2v) is 8.57. The smallest absolute Gasteiger partial charge is 0.350 e. The van der Waals surface area contributed by atoms with Crippen LogP contribution in [-0.4, -0.2) is 31.1 Å². The summed E-state index contributed by atoms with van der Waals surface area (Å²) >= 11 is 6.33. The highest BCUT2D eigenvalue weighted by Gasteiger charge is 2.22. The summed E-state index contributed by atoms with van der Waals surface area (Å²) in [5.74, 6) is -1.55. The molecule has 0 aliphatic heterocycles. The van der Waals surface area contributed by atoms with Gasteiger partial charge < -0.3 is 9.84 Å². The normalized spacial score (nSPS) is 11.6. The molecule has 11 heteroatoms. The molecule has 0 fully saturated rings. The summed E-state index contributed by atoms with van der Waals surface area (Å²) in [6, 6.07) is 4.84. The van der Waals surface area contributed by atoms with E-state index < -0.39 is 29.5 Å². The van der Waals surface area contributed by atoms with E-state index in [0.717, 1.165) is 21.4 Å². The number of aliphatic hydroxyl groups is 1. The van der Waals surface area contributed by atoms with Crippen LogP contribution in [0.15, 0.2) is 40.1 Å². The molecule has 0 atom stereocenters. The maximum absolute atomic E-state index is 15.3. The lowest BCUT2D eigenvalue weighted by Crippen LogP contribution is -2.25. The summed E-state index contributed by atoms with van der Waals surface area (Å²) in [7, 11) is 1.37. The number of fused-ring (bicyclic) bond motifs is 1. The van der Waals surface area contributed by atoms with Crippen molar-refractivity contribution in [1.82, 2.24) is 18.9 Å². The predicted molar refractivity (Wildman–Crippen MR) is 128 cm³/mol. The van der Waals surface area contributed by atoms with Crippen molar-refractivity contribution in [3.8, 4) is 17.1 Å². The van der Waals surface area contributed by atoms with Gasteiger partial charge in [-0.15, -0.1) is 5.10 Å². The Bertz CT molecular complexity index is 1570. The van der Waals surface area contributed by atoms with Gasteiger partial charge in [-0.3, -0.25) is 13.9 Å². The molecular formula is C24H23ClF2N4O4. The molecule has 0 radical (unpaired) electrons. The van der Waals surface area contributed by atoms with Crippen molar-refractivity contribution in [3.05, 3.63) is 79.3 Å². The predicted octanol–water partition coefficient (Wildman–Crippen LogP) is 3.91. The highest BCUT2D eigenvalue weighted by Crippen LogP contribution is 2.34. The summed E-state index contributed by atoms with van der Waals surface area (Å²) in [6.45, 7) is 5.15. The van der Waals surface area contributed by atoms with Gasteiger partial charge in [-0.05, 0) is 48.1 Å². The van der Waals surface area contributed by atoms with Crippen LogP contribution in [0.2, 0.25) is 5.02 Å². The fourth-order valence-corrected chi connectivity index (χ4v) is 4.41. The van der Waals surface area contributed by atoms with Crippen LogP contribution in [0.1, 0.15) is 38.1 Å². The van der Waals surface area contributed by atoms with Gasteiger partial charge in [0.05, 0.1) is 12.5 Å². The van der Waals surface area contributed by atoms with E-state index in [4.69, 9.17) is 16.3 Å². The lowest BCUT2D eigenvalue weighted by atomic mass is 9.97. The zero-order valence-electron chi connectivity index (χ0n) is 19.5. The Labute approximate surface area is 203 Å². The lowest BCUT2D eigenvalue weighted by molar-refractivity contribution is 0.264. The third kappa shape index (κ3) is 3.92. The Hall–Kier alpha value is -3.50. The standard InChI is InChI=1S/C24H23ClF2N4O4/c1-5-29-20(11-32)28-31(24(29)34)18-9-13-14(8-17(18)27)23(33)30(10-15(13)12(2)3)22-16(26)6-7-19(35-4)21(22)25/h6-10,12,32H,5,11H2,1-4H3. The van der Waals surface area contributed by atoms with Crippen LogP contribution in [-0.2, 0) is 13.2 Å². The van der Waals surface area contributed by atoms with E-state index in [0.29, 0.717) is 10.9 Å². The van der Waals surface area contributed by atoms with Crippen molar-refractivity contribution in [1.29, 1.82) is 0 Å². The number of halogens is 3. The molecule has 2 aromatic heterocycles. The third-order valence-corrected chi connectivity index (χ3v) is 6.22. The second-order valence-electron chi connectivity index (χ2n) is 8.19. The van der Waals surface area contributed by atoms with E-state index in [-0.39, 0.29) is 45.8 Å². The van der Waals surface area contributed by atoms with Gasteiger partial charge in [0.25, 0.3) is 5.56 Å². The lowest BCUT2D eigenvalue weighted by Gasteiger charge is -2.18. The topological polar surface area (TPSA) is 91.3 Å². The van der Waals surface area contributed by atoms with E-state index in [1.54, 1.807) is 6.92 Å². The first-order chi connectivity index (χ1) is 16.6. The number of nitrogens with zero attached hydrogens (tertiary/aromatic N) is 4. The first-order valence-corrected chi connectivity index (χ1v) is 11.2. The van der Waals surface area contributed by atoms with Gasteiger partial charge in [0.15, 0.2) is 5.82 Å². The van der Waals surface area contributed by atoms with Gasteiger partial charge in [0.2, 0.25) is 0 Å². The average molecular weight is 505 g/mol. The number of methoxy groups -OCH3 is 1. The molecule has 0 aliphatic carbocycles.